The number of nitrogens with zero attached hydrogens (tertiary/aromatic N) is 1. The van der Waals surface area contributed by atoms with Crippen molar-refractivity contribution < 1.29 is 4.39 Å². The van der Waals surface area contributed by atoms with Crippen LogP contribution < -0.4 is 5.32 Å². The van der Waals surface area contributed by atoms with E-state index in [1.807, 2.05) is 19.2 Å². The van der Waals surface area contributed by atoms with E-state index in [2.05, 4.69) is 10.2 Å². The Kier molecular flexibility index (Phi) is 6.61. The monoisotopic (exact) mass is 272 g/mol. The molecule has 0 atom stereocenters. The van der Waals surface area contributed by atoms with Crippen LogP contribution in [0.3, 0.4) is 0 Å². The van der Waals surface area contributed by atoms with E-state index in [0.29, 0.717) is 0 Å². The van der Waals surface area contributed by atoms with Crippen LogP contribution >= 0.6 is 12.4 Å². The minimum absolute atomic E-state index is 0. The molecule has 102 valence electrons. The lowest BCUT2D eigenvalue weighted by molar-refractivity contribution is 0.175. The molecule has 2 nitrogen and oxygen atoms in total. The van der Waals surface area contributed by atoms with Crippen LogP contribution in [0.1, 0.15) is 18.4 Å². The highest BCUT2D eigenvalue weighted by Crippen LogP contribution is 2.19. The smallest absolute Gasteiger partial charge is 0.127 e. The normalized spacial score (nSPS) is 17.4. The van der Waals surface area contributed by atoms with Gasteiger partial charge in [-0.1, -0.05) is 18.2 Å². The fourth-order valence-electron chi connectivity index (χ4n) is 2.50. The Hall–Kier alpha value is -0.640. The Morgan fingerprint density at radius 3 is 2.56 bits per heavy atom. The molecule has 1 aromatic rings. The predicted molar refractivity (Wildman–Crippen MR) is 75.6 cm³/mol. The Balaban J connectivity index is 0.00000162. The third kappa shape index (κ3) is 4.23. The fraction of sp³-hybridized carbons (Fsp3) is 0.571. The minimum Gasteiger partial charge on any atom is -0.319 e. The molecule has 18 heavy (non-hydrogen) atoms. The van der Waals surface area contributed by atoms with Gasteiger partial charge in [0, 0.05) is 12.1 Å². The van der Waals surface area contributed by atoms with Gasteiger partial charge in [-0.25, -0.2) is 4.39 Å². The van der Waals surface area contributed by atoms with Crippen molar-refractivity contribution in [3.05, 3.63) is 35.6 Å². The minimum atomic E-state index is -0.0788. The molecule has 1 fully saturated rings. The summed E-state index contributed by atoms with van der Waals surface area (Å²) in [6.45, 7) is 4.02. The average molecular weight is 273 g/mol. The summed E-state index contributed by atoms with van der Waals surface area (Å²) in [6, 6.07) is 7.09. The first-order valence-corrected chi connectivity index (χ1v) is 6.40. The highest BCUT2D eigenvalue weighted by molar-refractivity contribution is 5.85. The fourth-order valence-corrected chi connectivity index (χ4v) is 2.50. The molecule has 0 amide bonds. The topological polar surface area (TPSA) is 15.3 Å². The average Bonchev–Trinajstić information content (AvgIpc) is 2.35. The maximum atomic E-state index is 13.5. The Labute approximate surface area is 115 Å². The van der Waals surface area contributed by atoms with Crippen molar-refractivity contribution in [2.24, 2.45) is 5.92 Å². The van der Waals surface area contributed by atoms with Gasteiger partial charge in [-0.3, -0.25) is 4.90 Å². The predicted octanol–water partition coefficient (Wildman–Crippen LogP) is 2.68. The molecule has 0 aromatic heterocycles. The first-order valence-electron chi connectivity index (χ1n) is 6.40. The van der Waals surface area contributed by atoms with Crippen molar-refractivity contribution in [1.29, 1.82) is 0 Å². The number of hydrogen-bond donors (Lipinski definition) is 1. The lowest BCUT2D eigenvalue weighted by atomic mass is 9.96. The molecule has 0 saturated carbocycles. The maximum Gasteiger partial charge on any atom is 0.127 e. The van der Waals surface area contributed by atoms with Gasteiger partial charge in [-0.15, -0.1) is 12.4 Å². The number of likely N-dealkylation sites (tertiary alicyclic amines) is 1. The summed E-state index contributed by atoms with van der Waals surface area (Å²) in [5, 5.41) is 3.23. The van der Waals surface area contributed by atoms with Crippen molar-refractivity contribution in [3.63, 3.8) is 0 Å². The molecule has 4 heteroatoms. The number of rotatable bonds is 4. The molecule has 0 spiro atoms. The van der Waals surface area contributed by atoms with Gasteiger partial charge in [0.25, 0.3) is 0 Å². The van der Waals surface area contributed by atoms with Crippen LogP contribution in [0.25, 0.3) is 0 Å². The van der Waals surface area contributed by atoms with Crippen molar-refractivity contribution in [2.75, 3.05) is 26.7 Å². The second-order valence-electron chi connectivity index (χ2n) is 4.87. The van der Waals surface area contributed by atoms with Crippen LogP contribution in [-0.2, 0) is 6.54 Å². The molecule has 0 unspecified atom stereocenters. The third-order valence-electron chi connectivity index (χ3n) is 3.55. The molecule has 2 rings (SSSR count). The Morgan fingerprint density at radius 1 is 1.28 bits per heavy atom. The molecule has 1 heterocycles. The number of piperidine rings is 1. The van der Waals surface area contributed by atoms with Crippen LogP contribution in [0.4, 0.5) is 4.39 Å². The highest BCUT2D eigenvalue weighted by Gasteiger charge is 2.19. The van der Waals surface area contributed by atoms with Gasteiger partial charge < -0.3 is 5.32 Å². The molecule has 1 aliphatic heterocycles. The Morgan fingerprint density at radius 2 is 1.94 bits per heavy atom. The van der Waals surface area contributed by atoms with Gasteiger partial charge in [0.15, 0.2) is 0 Å². The second kappa shape index (κ2) is 7.72. The maximum absolute atomic E-state index is 13.5. The quantitative estimate of drug-likeness (QED) is 0.907. The van der Waals surface area contributed by atoms with E-state index in [-0.39, 0.29) is 18.2 Å². The van der Waals surface area contributed by atoms with E-state index >= 15 is 0 Å². The van der Waals surface area contributed by atoms with E-state index < -0.39 is 0 Å². The van der Waals surface area contributed by atoms with Crippen LogP contribution in [0.5, 0.6) is 0 Å². The standard InChI is InChI=1S/C14H21FN2.ClH/c1-16-10-12-6-8-17(9-7-12)11-13-4-2-3-5-14(13)15;/h2-5,12,16H,6-11H2,1H3;1H. The third-order valence-corrected chi connectivity index (χ3v) is 3.55. The number of nitrogens with one attached hydrogen (secondary N) is 1. The zero-order valence-corrected chi connectivity index (χ0v) is 11.7. The largest absolute Gasteiger partial charge is 0.319 e. The van der Waals surface area contributed by atoms with E-state index in [1.54, 1.807) is 12.1 Å². The summed E-state index contributed by atoms with van der Waals surface area (Å²) in [7, 11) is 2.01. The Bertz CT molecular complexity index is 351. The molecule has 0 aliphatic carbocycles. The first-order chi connectivity index (χ1) is 8.29. The summed E-state index contributed by atoms with van der Waals surface area (Å²) in [6.07, 6.45) is 2.44. The van der Waals surface area contributed by atoms with Crippen LogP contribution in [0.2, 0.25) is 0 Å². The van der Waals surface area contributed by atoms with E-state index in [4.69, 9.17) is 0 Å². The number of benzene rings is 1. The van der Waals surface area contributed by atoms with Crippen LogP contribution in [-0.4, -0.2) is 31.6 Å². The van der Waals surface area contributed by atoms with Gasteiger partial charge in [-0.05, 0) is 51.5 Å². The lowest BCUT2D eigenvalue weighted by Gasteiger charge is -2.31. The summed E-state index contributed by atoms with van der Waals surface area (Å²) >= 11 is 0. The molecular formula is C14H22ClFN2. The summed E-state index contributed by atoms with van der Waals surface area (Å²) < 4.78 is 13.5. The van der Waals surface area contributed by atoms with Gasteiger partial charge >= 0.3 is 0 Å². The van der Waals surface area contributed by atoms with Gasteiger partial charge in [-0.2, -0.15) is 0 Å². The SMILES string of the molecule is CNCC1CCN(Cc2ccccc2F)CC1.Cl. The van der Waals surface area contributed by atoms with Crippen molar-refractivity contribution in [2.45, 2.75) is 19.4 Å². The van der Waals surface area contributed by atoms with Gasteiger partial charge in [0.2, 0.25) is 0 Å². The van der Waals surface area contributed by atoms with E-state index in [9.17, 15) is 4.39 Å². The van der Waals surface area contributed by atoms with Crippen LogP contribution in [0, 0.1) is 11.7 Å². The van der Waals surface area contributed by atoms with Crippen molar-refractivity contribution in [1.82, 2.24) is 10.2 Å². The van der Waals surface area contributed by atoms with Crippen molar-refractivity contribution >= 4 is 12.4 Å². The van der Waals surface area contributed by atoms with E-state index in [0.717, 1.165) is 37.7 Å². The summed E-state index contributed by atoms with van der Waals surface area (Å²) in [5.41, 5.74) is 0.819. The van der Waals surface area contributed by atoms with Gasteiger partial charge in [0.05, 0.1) is 0 Å². The zero-order chi connectivity index (χ0) is 12.1. The van der Waals surface area contributed by atoms with Crippen LogP contribution in [0.15, 0.2) is 24.3 Å². The zero-order valence-electron chi connectivity index (χ0n) is 10.9. The molecule has 0 radical (unpaired) electrons. The summed E-state index contributed by atoms with van der Waals surface area (Å²) in [5.74, 6) is 0.710. The summed E-state index contributed by atoms with van der Waals surface area (Å²) in [4.78, 5) is 2.35. The first kappa shape index (κ1) is 15.4. The molecule has 1 aliphatic rings. The molecule has 1 N–H and O–H groups in total. The lowest BCUT2D eigenvalue weighted by Crippen LogP contribution is -2.36. The molecule has 0 bridgehead atoms. The van der Waals surface area contributed by atoms with Crippen molar-refractivity contribution in [3.8, 4) is 0 Å². The highest BCUT2D eigenvalue weighted by atomic mass is 35.5. The molecule has 1 aromatic carbocycles. The van der Waals surface area contributed by atoms with Gasteiger partial charge in [0.1, 0.15) is 5.82 Å². The number of halogens is 2. The molecular weight excluding hydrogens is 251 g/mol. The molecule has 1 saturated heterocycles. The van der Waals surface area contributed by atoms with E-state index in [1.165, 1.54) is 12.8 Å². The second-order valence-corrected chi connectivity index (χ2v) is 4.87. The number of hydrogen-bond acceptors (Lipinski definition) is 2.